The molecule has 4 aliphatic rings. The summed E-state index contributed by atoms with van der Waals surface area (Å²) in [7, 11) is 4.08. The van der Waals surface area contributed by atoms with Crippen LogP contribution in [0.3, 0.4) is 0 Å². The van der Waals surface area contributed by atoms with Crippen LogP contribution in [0.4, 0.5) is 0 Å². The van der Waals surface area contributed by atoms with Crippen molar-refractivity contribution in [2.75, 3.05) is 27.2 Å². The maximum absolute atomic E-state index is 12.0. The summed E-state index contributed by atoms with van der Waals surface area (Å²) in [6.45, 7) is 6.20. The Hall–Kier alpha value is -0.620. The molecule has 0 aromatic heterocycles. The van der Waals surface area contributed by atoms with Crippen LogP contribution in [0, 0.1) is 28.6 Å². The minimum absolute atomic E-state index is 0.116. The van der Waals surface area contributed by atoms with Gasteiger partial charge in [0.25, 0.3) is 0 Å². The Morgan fingerprint density at radius 3 is 2.68 bits per heavy atom. The molecule has 3 saturated carbocycles. The SMILES string of the molecule is CN(C)CCONC1=CC[C@@]2(O)[C@@H]3CCC4CC(O)CC[C@]4(C)[C@@H]3CC[C@]12C. The summed E-state index contributed by atoms with van der Waals surface area (Å²) in [6.07, 6.45) is 10.2. The molecule has 0 aromatic carbocycles. The van der Waals surface area contributed by atoms with Crippen molar-refractivity contribution < 1.29 is 15.1 Å². The summed E-state index contributed by atoms with van der Waals surface area (Å²) < 4.78 is 0. The van der Waals surface area contributed by atoms with Crippen molar-refractivity contribution in [3.05, 3.63) is 11.8 Å². The molecule has 2 unspecified atom stereocenters. The van der Waals surface area contributed by atoms with E-state index in [1.54, 1.807) is 0 Å². The lowest BCUT2D eigenvalue weighted by Gasteiger charge is -2.63. The highest BCUT2D eigenvalue weighted by atomic mass is 16.6. The predicted octanol–water partition coefficient (Wildman–Crippen LogP) is 3.08. The molecule has 0 amide bonds. The van der Waals surface area contributed by atoms with E-state index in [9.17, 15) is 10.2 Å². The van der Waals surface area contributed by atoms with E-state index in [1.165, 1.54) is 6.42 Å². The van der Waals surface area contributed by atoms with Crippen molar-refractivity contribution in [3.8, 4) is 0 Å². The lowest BCUT2D eigenvalue weighted by Crippen LogP contribution is -2.62. The number of fused-ring (bicyclic) bond motifs is 5. The monoisotopic (exact) mass is 392 g/mol. The van der Waals surface area contributed by atoms with E-state index in [2.05, 4.69) is 30.3 Å². The summed E-state index contributed by atoms with van der Waals surface area (Å²) in [5.74, 6) is 1.53. The third kappa shape index (κ3) is 3.05. The lowest BCUT2D eigenvalue weighted by atomic mass is 9.43. The summed E-state index contributed by atoms with van der Waals surface area (Å²) in [6, 6.07) is 0. The summed E-state index contributed by atoms with van der Waals surface area (Å²) in [5, 5.41) is 22.2. The van der Waals surface area contributed by atoms with Gasteiger partial charge in [0.15, 0.2) is 0 Å². The molecule has 0 spiro atoms. The third-order valence-electron chi connectivity index (χ3n) is 9.22. The van der Waals surface area contributed by atoms with E-state index in [0.29, 0.717) is 24.4 Å². The fourth-order valence-electron chi connectivity index (χ4n) is 7.29. The molecule has 28 heavy (non-hydrogen) atoms. The zero-order valence-corrected chi connectivity index (χ0v) is 18.2. The number of nitrogens with zero attached hydrogens (tertiary/aromatic N) is 1. The molecule has 0 aliphatic heterocycles. The van der Waals surface area contributed by atoms with Crippen molar-refractivity contribution in [3.63, 3.8) is 0 Å². The third-order valence-corrected chi connectivity index (χ3v) is 9.22. The van der Waals surface area contributed by atoms with E-state index in [4.69, 9.17) is 4.84 Å². The smallest absolute Gasteiger partial charge is 0.0872 e. The van der Waals surface area contributed by atoms with Gasteiger partial charge in [-0.15, -0.1) is 0 Å². The van der Waals surface area contributed by atoms with Crippen LogP contribution in [0.15, 0.2) is 11.8 Å². The minimum atomic E-state index is -0.673. The van der Waals surface area contributed by atoms with E-state index in [0.717, 1.165) is 57.2 Å². The van der Waals surface area contributed by atoms with Crippen LogP contribution in [0.5, 0.6) is 0 Å². The van der Waals surface area contributed by atoms with Gasteiger partial charge in [0.05, 0.1) is 18.3 Å². The number of hydrogen-bond acceptors (Lipinski definition) is 5. The standard InChI is InChI=1S/C23H40N2O3/c1-21-10-7-17(26)15-16(21)5-6-19-18(21)8-11-22(2)20(9-12-23(19,22)27)24-28-14-13-25(3)4/h9,16-19,24,26-27H,5-8,10-15H2,1-4H3/t16?,17?,18-,19-,21+,22-,23-/m1/s1. The van der Waals surface area contributed by atoms with Crippen LogP contribution in [0.25, 0.3) is 0 Å². The second-order valence-corrected chi connectivity index (χ2v) is 10.8. The number of aliphatic hydroxyl groups is 2. The molecular formula is C23H40N2O3. The van der Waals surface area contributed by atoms with Crippen molar-refractivity contribution >= 4 is 0 Å². The molecule has 0 bridgehead atoms. The Labute approximate surface area is 170 Å². The van der Waals surface area contributed by atoms with Crippen molar-refractivity contribution in [2.24, 2.45) is 28.6 Å². The highest BCUT2D eigenvalue weighted by Gasteiger charge is 2.65. The first-order valence-electron chi connectivity index (χ1n) is 11.3. The number of aliphatic hydroxyl groups excluding tert-OH is 1. The zero-order chi connectivity index (χ0) is 20.2. The van der Waals surface area contributed by atoms with Gasteiger partial charge in [0, 0.05) is 17.7 Å². The summed E-state index contributed by atoms with van der Waals surface area (Å²) in [5.41, 5.74) is 3.65. The highest BCUT2D eigenvalue weighted by Crippen LogP contribution is 2.67. The molecule has 5 nitrogen and oxygen atoms in total. The number of nitrogens with one attached hydrogen (secondary N) is 1. The van der Waals surface area contributed by atoms with Crippen molar-refractivity contribution in [1.82, 2.24) is 10.4 Å². The number of hydroxylamine groups is 1. The van der Waals surface area contributed by atoms with Crippen LogP contribution in [0.2, 0.25) is 0 Å². The molecule has 0 aromatic rings. The van der Waals surface area contributed by atoms with E-state index >= 15 is 0 Å². The Kier molecular flexibility index (Phi) is 5.35. The van der Waals surface area contributed by atoms with Gasteiger partial charge >= 0.3 is 0 Å². The molecule has 0 radical (unpaired) electrons. The van der Waals surface area contributed by atoms with Crippen molar-refractivity contribution in [2.45, 2.75) is 76.9 Å². The van der Waals surface area contributed by atoms with Crippen LogP contribution in [-0.4, -0.2) is 54.1 Å². The van der Waals surface area contributed by atoms with E-state index in [1.807, 2.05) is 14.1 Å². The van der Waals surface area contributed by atoms with Crippen LogP contribution < -0.4 is 5.48 Å². The average molecular weight is 393 g/mol. The van der Waals surface area contributed by atoms with E-state index < -0.39 is 5.60 Å². The molecule has 0 saturated heterocycles. The maximum Gasteiger partial charge on any atom is 0.0872 e. The minimum Gasteiger partial charge on any atom is -0.393 e. The van der Waals surface area contributed by atoms with Gasteiger partial charge in [-0.25, -0.2) is 0 Å². The quantitative estimate of drug-likeness (QED) is 0.496. The van der Waals surface area contributed by atoms with Gasteiger partial charge in [-0.3, -0.25) is 10.3 Å². The molecule has 0 heterocycles. The lowest BCUT2D eigenvalue weighted by molar-refractivity contribution is -0.201. The molecule has 160 valence electrons. The molecule has 4 aliphatic carbocycles. The van der Waals surface area contributed by atoms with Gasteiger partial charge in [0.2, 0.25) is 0 Å². The molecule has 3 N–H and O–H groups in total. The second kappa shape index (κ2) is 7.26. The number of hydrogen-bond donors (Lipinski definition) is 3. The zero-order valence-electron chi connectivity index (χ0n) is 18.2. The first-order chi connectivity index (χ1) is 13.2. The predicted molar refractivity (Wildman–Crippen MR) is 110 cm³/mol. The van der Waals surface area contributed by atoms with E-state index in [-0.39, 0.29) is 16.9 Å². The maximum atomic E-state index is 12.0. The average Bonchev–Trinajstić information content (AvgIpc) is 2.90. The van der Waals surface area contributed by atoms with Crippen LogP contribution in [0.1, 0.15) is 65.2 Å². The van der Waals surface area contributed by atoms with Gasteiger partial charge in [-0.1, -0.05) is 19.9 Å². The topological polar surface area (TPSA) is 65.0 Å². The highest BCUT2D eigenvalue weighted by molar-refractivity contribution is 5.30. The normalized spacial score (nSPS) is 47.9. The molecule has 4 rings (SSSR count). The Bertz CT molecular complexity index is 623. The van der Waals surface area contributed by atoms with Gasteiger partial charge < -0.3 is 15.1 Å². The largest absolute Gasteiger partial charge is 0.393 e. The molecule has 3 fully saturated rings. The Balaban J connectivity index is 1.49. The number of rotatable bonds is 5. The first-order valence-corrected chi connectivity index (χ1v) is 11.3. The molecule has 7 atom stereocenters. The van der Waals surface area contributed by atoms with Crippen LogP contribution >= 0.6 is 0 Å². The summed E-state index contributed by atoms with van der Waals surface area (Å²) in [4.78, 5) is 7.85. The number of likely N-dealkylation sites (N-methyl/N-ethyl adjacent to an activating group) is 1. The molecule has 5 heteroatoms. The fourth-order valence-corrected chi connectivity index (χ4v) is 7.29. The van der Waals surface area contributed by atoms with Gasteiger partial charge in [-0.05, 0) is 88.6 Å². The van der Waals surface area contributed by atoms with Crippen LogP contribution in [-0.2, 0) is 4.84 Å². The summed E-state index contributed by atoms with van der Waals surface area (Å²) >= 11 is 0. The molecular weight excluding hydrogens is 352 g/mol. The Morgan fingerprint density at radius 2 is 1.93 bits per heavy atom. The Morgan fingerprint density at radius 1 is 1.14 bits per heavy atom. The van der Waals surface area contributed by atoms with Gasteiger partial charge in [-0.2, -0.15) is 0 Å². The van der Waals surface area contributed by atoms with Crippen molar-refractivity contribution in [1.29, 1.82) is 0 Å². The first kappa shape index (κ1) is 20.6. The fraction of sp³-hybridized carbons (Fsp3) is 0.913. The second-order valence-electron chi connectivity index (χ2n) is 10.8. The van der Waals surface area contributed by atoms with Gasteiger partial charge in [0.1, 0.15) is 0 Å².